The molecule has 3 nitrogen and oxygen atoms in total. The molecule has 0 aliphatic rings. The summed E-state index contributed by atoms with van der Waals surface area (Å²) in [6.45, 7) is 13.5. The Bertz CT molecular complexity index is 495. The van der Waals surface area contributed by atoms with Crippen LogP contribution in [0.15, 0.2) is 12.1 Å². The molecule has 3 heteroatoms. The number of unbranched alkanes of at least 4 members (excludes halogenated alkanes) is 2. The van der Waals surface area contributed by atoms with Crippen molar-refractivity contribution < 1.29 is 9.90 Å². The molecule has 1 rings (SSSR count). The predicted molar refractivity (Wildman–Crippen MR) is 97.3 cm³/mol. The number of phenols is 1. The molecule has 0 aromatic heterocycles. The zero-order valence-corrected chi connectivity index (χ0v) is 15.5. The van der Waals surface area contributed by atoms with E-state index in [1.807, 2.05) is 6.07 Å². The number of benzene rings is 1. The van der Waals surface area contributed by atoms with Crippen molar-refractivity contribution in [1.29, 1.82) is 0 Å². The molecule has 0 unspecified atom stereocenters. The highest BCUT2D eigenvalue weighted by Crippen LogP contribution is 2.31. The second-order valence-electron chi connectivity index (χ2n) is 7.42. The van der Waals surface area contributed by atoms with Gasteiger partial charge in [-0.3, -0.25) is 9.69 Å². The molecule has 0 radical (unpaired) electrons. The van der Waals surface area contributed by atoms with Crippen molar-refractivity contribution in [1.82, 2.24) is 4.90 Å². The molecule has 0 saturated heterocycles. The second kappa shape index (κ2) is 9.07. The minimum atomic E-state index is -0.0438. The van der Waals surface area contributed by atoms with Crippen LogP contribution in [0.5, 0.6) is 5.75 Å². The molecule has 0 fully saturated rings. The minimum absolute atomic E-state index is 0.0438. The third kappa shape index (κ3) is 5.98. The van der Waals surface area contributed by atoms with Gasteiger partial charge in [-0.15, -0.1) is 0 Å². The summed E-state index contributed by atoms with van der Waals surface area (Å²) in [5.41, 5.74) is 2.32. The van der Waals surface area contributed by atoms with Crippen molar-refractivity contribution >= 4 is 6.29 Å². The lowest BCUT2D eigenvalue weighted by Crippen LogP contribution is -2.26. The van der Waals surface area contributed by atoms with Crippen molar-refractivity contribution in [3.05, 3.63) is 28.8 Å². The average molecular weight is 319 g/mol. The Labute approximate surface area is 141 Å². The highest BCUT2D eigenvalue weighted by atomic mass is 16.3. The summed E-state index contributed by atoms with van der Waals surface area (Å²) >= 11 is 0. The quantitative estimate of drug-likeness (QED) is 0.658. The summed E-state index contributed by atoms with van der Waals surface area (Å²) in [6.07, 6.45) is 5.40. The molecule has 1 aromatic rings. The smallest absolute Gasteiger partial charge is 0.153 e. The maximum atomic E-state index is 11.3. The third-order valence-electron chi connectivity index (χ3n) is 4.26. The van der Waals surface area contributed by atoms with Gasteiger partial charge in [0.2, 0.25) is 0 Å². The molecule has 0 saturated carbocycles. The summed E-state index contributed by atoms with van der Waals surface area (Å²) < 4.78 is 0. The summed E-state index contributed by atoms with van der Waals surface area (Å²) in [5, 5.41) is 10.4. The van der Waals surface area contributed by atoms with E-state index in [1.165, 1.54) is 0 Å². The molecule has 0 spiro atoms. The van der Waals surface area contributed by atoms with E-state index in [0.29, 0.717) is 12.1 Å². The average Bonchev–Trinajstić information content (AvgIpc) is 2.50. The summed E-state index contributed by atoms with van der Waals surface area (Å²) in [5.74, 6) is 0.144. The van der Waals surface area contributed by atoms with Crippen LogP contribution in [0.1, 0.15) is 81.8 Å². The van der Waals surface area contributed by atoms with Crippen LogP contribution in [-0.4, -0.2) is 29.4 Å². The lowest BCUT2D eigenvalue weighted by Gasteiger charge is -2.25. The van der Waals surface area contributed by atoms with Crippen LogP contribution >= 0.6 is 0 Å². The number of aldehydes is 1. The van der Waals surface area contributed by atoms with Gasteiger partial charge in [0.15, 0.2) is 6.29 Å². The number of nitrogens with zero attached hydrogens (tertiary/aromatic N) is 1. The van der Waals surface area contributed by atoms with Gasteiger partial charge >= 0.3 is 0 Å². The number of rotatable bonds is 9. The van der Waals surface area contributed by atoms with Crippen LogP contribution in [0, 0.1) is 0 Å². The molecule has 130 valence electrons. The van der Waals surface area contributed by atoms with E-state index in [4.69, 9.17) is 0 Å². The molecule has 0 amide bonds. The van der Waals surface area contributed by atoms with E-state index in [-0.39, 0.29) is 11.2 Å². The zero-order chi connectivity index (χ0) is 17.5. The van der Waals surface area contributed by atoms with Crippen molar-refractivity contribution in [2.75, 3.05) is 13.1 Å². The van der Waals surface area contributed by atoms with Crippen molar-refractivity contribution in [2.24, 2.45) is 0 Å². The Morgan fingerprint density at radius 3 is 2.09 bits per heavy atom. The molecule has 0 aliphatic carbocycles. The van der Waals surface area contributed by atoms with Gasteiger partial charge in [-0.05, 0) is 43.0 Å². The summed E-state index contributed by atoms with van der Waals surface area (Å²) in [4.78, 5) is 13.7. The Morgan fingerprint density at radius 1 is 1.09 bits per heavy atom. The normalized spacial score (nSPS) is 11.9. The van der Waals surface area contributed by atoms with Crippen LogP contribution in [0.2, 0.25) is 0 Å². The Hall–Kier alpha value is -1.35. The molecule has 1 aromatic carbocycles. The number of carbonyl (C=O) groups is 1. The summed E-state index contributed by atoms with van der Waals surface area (Å²) in [7, 11) is 0. The number of hydrogen-bond acceptors (Lipinski definition) is 3. The molecular weight excluding hydrogens is 286 g/mol. The Morgan fingerprint density at radius 2 is 1.65 bits per heavy atom. The van der Waals surface area contributed by atoms with Gasteiger partial charge in [-0.25, -0.2) is 0 Å². The monoisotopic (exact) mass is 319 g/mol. The van der Waals surface area contributed by atoms with Gasteiger partial charge in [0.25, 0.3) is 0 Å². The van der Waals surface area contributed by atoms with Gasteiger partial charge in [0.05, 0.1) is 5.56 Å². The van der Waals surface area contributed by atoms with E-state index in [9.17, 15) is 9.90 Å². The summed E-state index contributed by atoms with van der Waals surface area (Å²) in [6, 6.07) is 3.88. The van der Waals surface area contributed by atoms with Crippen LogP contribution in [0.25, 0.3) is 0 Å². The SMILES string of the molecule is CCCCN(CCCC)Cc1cc(C(C)(C)C)cc(C=O)c1O. The molecule has 23 heavy (non-hydrogen) atoms. The molecular formula is C20H33NO2. The Balaban J connectivity index is 3.09. The van der Waals surface area contributed by atoms with Crippen LogP contribution in [0.4, 0.5) is 0 Å². The van der Waals surface area contributed by atoms with Crippen LogP contribution in [0.3, 0.4) is 0 Å². The number of hydrogen-bond donors (Lipinski definition) is 1. The first-order chi connectivity index (χ1) is 10.8. The molecule has 0 heterocycles. The highest BCUT2D eigenvalue weighted by molar-refractivity contribution is 5.80. The van der Waals surface area contributed by atoms with Crippen LogP contribution in [-0.2, 0) is 12.0 Å². The first-order valence-electron chi connectivity index (χ1n) is 8.87. The standard InChI is InChI=1S/C20H33NO2/c1-6-8-10-21(11-9-7-2)14-16-12-18(20(3,4)5)13-17(15-22)19(16)23/h12-13,15,23H,6-11,14H2,1-5H3. The lowest BCUT2D eigenvalue weighted by molar-refractivity contribution is 0.112. The third-order valence-corrected chi connectivity index (χ3v) is 4.26. The predicted octanol–water partition coefficient (Wildman–Crippen LogP) is 4.90. The van der Waals surface area contributed by atoms with Crippen molar-refractivity contribution in [2.45, 2.75) is 72.3 Å². The van der Waals surface area contributed by atoms with Crippen LogP contribution < -0.4 is 0 Å². The van der Waals surface area contributed by atoms with Gasteiger partial charge in [0, 0.05) is 12.1 Å². The first kappa shape index (κ1) is 19.7. The van der Waals surface area contributed by atoms with E-state index < -0.39 is 0 Å². The van der Waals surface area contributed by atoms with Gasteiger partial charge in [0.1, 0.15) is 5.75 Å². The fourth-order valence-corrected chi connectivity index (χ4v) is 2.64. The van der Waals surface area contributed by atoms with Crippen molar-refractivity contribution in [3.63, 3.8) is 0 Å². The fraction of sp³-hybridized carbons (Fsp3) is 0.650. The molecule has 0 bridgehead atoms. The number of aromatic hydroxyl groups is 1. The maximum absolute atomic E-state index is 11.3. The fourth-order valence-electron chi connectivity index (χ4n) is 2.64. The van der Waals surface area contributed by atoms with E-state index in [2.05, 4.69) is 45.6 Å². The maximum Gasteiger partial charge on any atom is 0.153 e. The molecule has 0 atom stereocenters. The first-order valence-corrected chi connectivity index (χ1v) is 8.87. The zero-order valence-electron chi connectivity index (χ0n) is 15.5. The molecule has 1 N–H and O–H groups in total. The van der Waals surface area contributed by atoms with E-state index in [1.54, 1.807) is 0 Å². The van der Waals surface area contributed by atoms with E-state index in [0.717, 1.165) is 56.2 Å². The van der Waals surface area contributed by atoms with Gasteiger partial charge in [-0.1, -0.05) is 53.5 Å². The number of carbonyl (C=O) groups excluding carboxylic acids is 1. The van der Waals surface area contributed by atoms with Gasteiger partial charge in [-0.2, -0.15) is 0 Å². The van der Waals surface area contributed by atoms with Crippen molar-refractivity contribution in [3.8, 4) is 5.75 Å². The van der Waals surface area contributed by atoms with E-state index >= 15 is 0 Å². The topological polar surface area (TPSA) is 40.5 Å². The lowest BCUT2D eigenvalue weighted by atomic mass is 9.84. The van der Waals surface area contributed by atoms with Gasteiger partial charge < -0.3 is 5.11 Å². The largest absolute Gasteiger partial charge is 0.507 e. The molecule has 0 aliphatic heterocycles. The number of phenolic OH excluding ortho intramolecular Hbond substituents is 1. The minimum Gasteiger partial charge on any atom is -0.507 e. The second-order valence-corrected chi connectivity index (χ2v) is 7.42. The highest BCUT2D eigenvalue weighted by Gasteiger charge is 2.19. The Kier molecular flexibility index (Phi) is 7.77.